The van der Waals surface area contributed by atoms with Gasteiger partial charge in [-0.2, -0.15) is 9.97 Å². The molecule has 2 aromatic carbocycles. The van der Waals surface area contributed by atoms with Crippen LogP contribution < -0.4 is 21.8 Å². The van der Waals surface area contributed by atoms with E-state index in [0.29, 0.717) is 24.4 Å². The quantitative estimate of drug-likeness (QED) is 0.342. The molecular weight excluding hydrogens is 460 g/mol. The summed E-state index contributed by atoms with van der Waals surface area (Å²) in [6.45, 7) is 2.82. The topological polar surface area (TPSA) is 123 Å². The molecule has 5 rings (SSSR count). The molecule has 1 aliphatic heterocycles. The molecule has 2 unspecified atom stereocenters. The van der Waals surface area contributed by atoms with Crippen molar-refractivity contribution in [3.63, 3.8) is 0 Å². The summed E-state index contributed by atoms with van der Waals surface area (Å²) in [5.41, 5.74) is 12.8. The van der Waals surface area contributed by atoms with Crippen molar-refractivity contribution in [3.8, 4) is 0 Å². The second-order valence-corrected chi connectivity index (χ2v) is 11.1. The smallest absolute Gasteiger partial charge is 0.240 e. The second kappa shape index (κ2) is 10.1. The lowest BCUT2D eigenvalue weighted by Crippen LogP contribution is -2.49. The van der Waals surface area contributed by atoms with Crippen molar-refractivity contribution in [2.24, 2.45) is 0 Å². The van der Waals surface area contributed by atoms with Crippen molar-refractivity contribution in [3.05, 3.63) is 67.0 Å². The fourth-order valence-corrected chi connectivity index (χ4v) is 6.75. The standard InChI is InChI=1S/C25H30N6O3Si/c1-2-3-14-25(16-33-35(18-10-6-4-7-11-18)19-12-8-5-9-13-19)32-15-20(34-25)31-17-28-21-22(26)29-24(27)30-23(21)31/h4-13,17,20,35H,2-3,14-16H2,1H3,(H4,26,27,29,30). The van der Waals surface area contributed by atoms with E-state index in [0.717, 1.165) is 19.3 Å². The molecule has 10 heteroatoms. The molecule has 0 spiro atoms. The summed E-state index contributed by atoms with van der Waals surface area (Å²) in [7, 11) is -1.95. The van der Waals surface area contributed by atoms with Crippen molar-refractivity contribution < 1.29 is 13.9 Å². The van der Waals surface area contributed by atoms with Gasteiger partial charge in [-0.3, -0.25) is 4.57 Å². The fourth-order valence-electron chi connectivity index (χ4n) is 4.42. The van der Waals surface area contributed by atoms with Gasteiger partial charge in [-0.15, -0.1) is 0 Å². The molecule has 0 amide bonds. The van der Waals surface area contributed by atoms with Gasteiger partial charge in [0.1, 0.15) is 5.52 Å². The van der Waals surface area contributed by atoms with Gasteiger partial charge in [0.2, 0.25) is 15.0 Å². The summed E-state index contributed by atoms with van der Waals surface area (Å²) in [5, 5.41) is 2.42. The SMILES string of the molecule is CCCCC1(CO[SiH](c2ccccc2)c2ccccc2)OCC(n2cnc3c(N)nc(N)nc32)O1. The van der Waals surface area contributed by atoms with Gasteiger partial charge >= 0.3 is 0 Å². The Morgan fingerprint density at radius 1 is 1.06 bits per heavy atom. The number of rotatable bonds is 9. The minimum absolute atomic E-state index is 0.0933. The van der Waals surface area contributed by atoms with Crippen molar-refractivity contribution in [1.29, 1.82) is 0 Å². The van der Waals surface area contributed by atoms with E-state index < -0.39 is 21.1 Å². The molecule has 9 nitrogen and oxygen atoms in total. The van der Waals surface area contributed by atoms with Gasteiger partial charge in [-0.1, -0.05) is 74.0 Å². The summed E-state index contributed by atoms with van der Waals surface area (Å²) in [4.78, 5) is 12.7. The fraction of sp³-hybridized carbons (Fsp3) is 0.320. The molecule has 0 radical (unpaired) electrons. The van der Waals surface area contributed by atoms with Crippen molar-refractivity contribution in [2.45, 2.75) is 38.2 Å². The minimum Gasteiger partial charge on any atom is -0.405 e. The molecular formula is C25H30N6O3Si. The highest BCUT2D eigenvalue weighted by atomic mass is 28.3. The molecule has 2 aromatic heterocycles. The zero-order valence-electron chi connectivity index (χ0n) is 19.7. The van der Waals surface area contributed by atoms with Crippen LogP contribution in [0.2, 0.25) is 0 Å². The molecule has 1 saturated heterocycles. The van der Waals surface area contributed by atoms with Gasteiger partial charge in [0.05, 0.1) is 19.5 Å². The number of nitrogen functional groups attached to an aromatic ring is 2. The predicted octanol–water partition coefficient (Wildman–Crippen LogP) is 1.98. The Balaban J connectivity index is 1.40. The number of nitrogens with zero attached hydrogens (tertiary/aromatic N) is 4. The van der Waals surface area contributed by atoms with E-state index in [1.807, 2.05) is 12.1 Å². The molecule has 2 atom stereocenters. The Morgan fingerprint density at radius 2 is 1.74 bits per heavy atom. The molecule has 0 saturated carbocycles. The Morgan fingerprint density at radius 3 is 2.40 bits per heavy atom. The molecule has 0 aliphatic carbocycles. The number of hydrogen-bond donors (Lipinski definition) is 2. The monoisotopic (exact) mass is 490 g/mol. The van der Waals surface area contributed by atoms with Crippen LogP contribution >= 0.6 is 0 Å². The lowest BCUT2D eigenvalue weighted by Gasteiger charge is -2.30. The summed E-state index contributed by atoms with van der Waals surface area (Å²) >= 11 is 0. The van der Waals surface area contributed by atoms with Crippen LogP contribution in [0.4, 0.5) is 11.8 Å². The van der Waals surface area contributed by atoms with Crippen LogP contribution in [-0.4, -0.2) is 47.6 Å². The first-order valence-electron chi connectivity index (χ1n) is 11.9. The van der Waals surface area contributed by atoms with Gasteiger partial charge in [0, 0.05) is 6.42 Å². The molecule has 1 fully saturated rings. The number of imidazole rings is 1. The lowest BCUT2D eigenvalue weighted by atomic mass is 10.1. The second-order valence-electron chi connectivity index (χ2n) is 8.70. The third-order valence-electron chi connectivity index (χ3n) is 6.20. The van der Waals surface area contributed by atoms with Gasteiger partial charge in [-0.05, 0) is 16.8 Å². The number of anilines is 2. The van der Waals surface area contributed by atoms with Gasteiger partial charge in [-0.25, -0.2) is 4.98 Å². The molecule has 182 valence electrons. The van der Waals surface area contributed by atoms with Crippen LogP contribution in [0, 0.1) is 0 Å². The summed E-state index contributed by atoms with van der Waals surface area (Å²) in [6.07, 6.45) is 3.90. The Labute approximate surface area is 205 Å². The molecule has 3 heterocycles. The third kappa shape index (κ3) is 4.91. The highest BCUT2D eigenvalue weighted by molar-refractivity contribution is 6.80. The predicted molar refractivity (Wildman–Crippen MR) is 138 cm³/mol. The number of hydrogen-bond acceptors (Lipinski definition) is 8. The van der Waals surface area contributed by atoms with E-state index in [9.17, 15) is 0 Å². The van der Waals surface area contributed by atoms with Gasteiger partial charge < -0.3 is 25.4 Å². The first-order chi connectivity index (χ1) is 17.1. The van der Waals surface area contributed by atoms with E-state index in [2.05, 4.69) is 70.4 Å². The van der Waals surface area contributed by atoms with Gasteiger partial charge in [0.15, 0.2) is 23.5 Å². The molecule has 0 bridgehead atoms. The zero-order valence-corrected chi connectivity index (χ0v) is 20.9. The number of unbranched alkanes of at least 4 members (excludes halogenated alkanes) is 1. The summed E-state index contributed by atoms with van der Waals surface area (Å²) < 4.78 is 21.4. The number of ether oxygens (including phenoxy) is 2. The van der Waals surface area contributed by atoms with E-state index in [1.54, 1.807) is 10.9 Å². The van der Waals surface area contributed by atoms with Crippen LogP contribution in [0.1, 0.15) is 32.4 Å². The van der Waals surface area contributed by atoms with E-state index in [4.69, 9.17) is 25.4 Å². The zero-order chi connectivity index (χ0) is 24.3. The largest absolute Gasteiger partial charge is 0.405 e. The van der Waals surface area contributed by atoms with Crippen LogP contribution in [0.15, 0.2) is 67.0 Å². The average Bonchev–Trinajstić information content (AvgIpc) is 3.49. The number of nitrogens with two attached hydrogens (primary N) is 2. The number of fused-ring (bicyclic) bond motifs is 1. The summed E-state index contributed by atoms with van der Waals surface area (Å²) in [6, 6.07) is 20.8. The van der Waals surface area contributed by atoms with Crippen molar-refractivity contribution in [1.82, 2.24) is 19.5 Å². The normalized spacial score (nSPS) is 20.1. The Kier molecular flexibility index (Phi) is 6.78. The van der Waals surface area contributed by atoms with Crippen molar-refractivity contribution in [2.75, 3.05) is 24.7 Å². The highest BCUT2D eigenvalue weighted by Gasteiger charge is 2.43. The van der Waals surface area contributed by atoms with Crippen LogP contribution in [0.25, 0.3) is 11.2 Å². The van der Waals surface area contributed by atoms with E-state index in [1.165, 1.54) is 10.4 Å². The van der Waals surface area contributed by atoms with Gasteiger partial charge in [0.25, 0.3) is 0 Å². The maximum atomic E-state index is 6.69. The first kappa shape index (κ1) is 23.4. The van der Waals surface area contributed by atoms with Crippen LogP contribution in [-0.2, 0) is 13.9 Å². The van der Waals surface area contributed by atoms with E-state index in [-0.39, 0.29) is 11.8 Å². The Bertz CT molecular complexity index is 1230. The Hall–Kier alpha value is -3.31. The maximum Gasteiger partial charge on any atom is 0.240 e. The minimum atomic E-state index is -1.95. The first-order valence-corrected chi connectivity index (χ1v) is 13.5. The lowest BCUT2D eigenvalue weighted by molar-refractivity contribution is -0.199. The third-order valence-corrected chi connectivity index (χ3v) is 8.68. The van der Waals surface area contributed by atoms with Crippen LogP contribution in [0.5, 0.6) is 0 Å². The highest BCUT2D eigenvalue weighted by Crippen LogP contribution is 2.36. The average molecular weight is 491 g/mol. The molecule has 4 aromatic rings. The number of benzene rings is 2. The maximum absolute atomic E-state index is 6.69. The molecule has 35 heavy (non-hydrogen) atoms. The molecule has 4 N–H and O–H groups in total. The van der Waals surface area contributed by atoms with E-state index >= 15 is 0 Å². The summed E-state index contributed by atoms with van der Waals surface area (Å²) in [5.74, 6) is -0.531. The molecule has 1 aliphatic rings. The number of aromatic nitrogens is 4. The van der Waals surface area contributed by atoms with Crippen molar-refractivity contribution >= 4 is 42.3 Å². The van der Waals surface area contributed by atoms with Crippen LogP contribution in [0.3, 0.4) is 0 Å².